The van der Waals surface area contributed by atoms with Crippen LogP contribution in [0.2, 0.25) is 5.02 Å². The van der Waals surface area contributed by atoms with Crippen LogP contribution in [0.1, 0.15) is 41.2 Å². The van der Waals surface area contributed by atoms with Crippen molar-refractivity contribution >= 4 is 17.5 Å². The van der Waals surface area contributed by atoms with Crippen molar-refractivity contribution < 1.29 is 9.53 Å². The first-order valence-corrected chi connectivity index (χ1v) is 7.77. The van der Waals surface area contributed by atoms with E-state index in [-0.39, 0.29) is 12.0 Å². The Balaban J connectivity index is 1.74. The highest BCUT2D eigenvalue weighted by molar-refractivity contribution is 6.30. The predicted octanol–water partition coefficient (Wildman–Crippen LogP) is 2.95. The van der Waals surface area contributed by atoms with E-state index in [2.05, 4.69) is 10.4 Å². The van der Waals surface area contributed by atoms with Gasteiger partial charge in [-0.25, -0.2) is 0 Å². The molecular weight excluding hydrogens is 302 g/mol. The van der Waals surface area contributed by atoms with Crippen molar-refractivity contribution in [2.45, 2.75) is 32.6 Å². The number of fused-ring (bicyclic) bond motifs is 1. The highest BCUT2D eigenvalue weighted by Gasteiger charge is 2.23. The lowest BCUT2D eigenvalue weighted by Gasteiger charge is -2.24. The van der Waals surface area contributed by atoms with Gasteiger partial charge in [0.15, 0.2) is 5.69 Å². The van der Waals surface area contributed by atoms with Gasteiger partial charge in [0.25, 0.3) is 5.91 Å². The van der Waals surface area contributed by atoms with Gasteiger partial charge in [0.2, 0.25) is 0 Å². The number of nitrogens with one attached hydrogen (secondary N) is 1. The molecule has 0 fully saturated rings. The molecular formula is C16H18ClN3O2. The molecule has 1 aliphatic heterocycles. The number of hydrogen-bond donors (Lipinski definition) is 1. The second-order valence-electron chi connectivity index (χ2n) is 5.31. The molecule has 1 atom stereocenters. The van der Waals surface area contributed by atoms with Gasteiger partial charge in [-0.05, 0) is 30.2 Å². The van der Waals surface area contributed by atoms with E-state index in [1.165, 1.54) is 0 Å². The molecule has 0 saturated heterocycles. The fraction of sp³-hybridized carbons (Fsp3) is 0.375. The van der Waals surface area contributed by atoms with E-state index in [1.807, 2.05) is 35.9 Å². The Labute approximate surface area is 134 Å². The highest BCUT2D eigenvalue weighted by Crippen LogP contribution is 2.27. The van der Waals surface area contributed by atoms with Crippen LogP contribution in [0.15, 0.2) is 30.3 Å². The molecule has 0 aliphatic carbocycles. The van der Waals surface area contributed by atoms with E-state index in [0.717, 1.165) is 17.7 Å². The Hall–Kier alpha value is -1.85. The summed E-state index contributed by atoms with van der Waals surface area (Å²) in [5, 5.41) is 7.94. The fourth-order valence-corrected chi connectivity index (χ4v) is 2.57. The van der Waals surface area contributed by atoms with E-state index in [0.29, 0.717) is 30.4 Å². The Morgan fingerprint density at radius 3 is 2.95 bits per heavy atom. The van der Waals surface area contributed by atoms with Crippen molar-refractivity contribution in [2.24, 2.45) is 0 Å². The van der Waals surface area contributed by atoms with Crippen molar-refractivity contribution in [3.8, 4) is 0 Å². The summed E-state index contributed by atoms with van der Waals surface area (Å²) in [5.41, 5.74) is 2.43. The van der Waals surface area contributed by atoms with Crippen LogP contribution in [-0.2, 0) is 17.9 Å². The number of carbonyl (C=O) groups is 1. The molecule has 0 radical (unpaired) electrons. The van der Waals surface area contributed by atoms with Gasteiger partial charge in [-0.2, -0.15) is 5.10 Å². The fourth-order valence-electron chi connectivity index (χ4n) is 2.44. The summed E-state index contributed by atoms with van der Waals surface area (Å²) in [5.74, 6) is -0.133. The molecule has 3 rings (SSSR count). The normalized spacial score (nSPS) is 17.1. The molecule has 2 aromatic rings. The number of rotatable bonds is 4. The van der Waals surface area contributed by atoms with Crippen LogP contribution in [0.25, 0.3) is 0 Å². The molecule has 116 valence electrons. The molecule has 1 aromatic carbocycles. The number of ether oxygens (including phenoxy) is 1. The van der Waals surface area contributed by atoms with Crippen molar-refractivity contribution in [3.63, 3.8) is 0 Å². The van der Waals surface area contributed by atoms with E-state index in [1.54, 1.807) is 6.07 Å². The average molecular weight is 320 g/mol. The molecule has 6 heteroatoms. The van der Waals surface area contributed by atoms with Crippen LogP contribution in [-0.4, -0.2) is 22.2 Å². The maximum Gasteiger partial charge on any atom is 0.271 e. The minimum absolute atomic E-state index is 0.0729. The smallest absolute Gasteiger partial charge is 0.271 e. The molecule has 22 heavy (non-hydrogen) atoms. The molecule has 0 unspecified atom stereocenters. The van der Waals surface area contributed by atoms with Crippen molar-refractivity contribution in [2.75, 3.05) is 6.54 Å². The molecule has 0 saturated carbocycles. The molecule has 0 bridgehead atoms. The van der Waals surface area contributed by atoms with Crippen LogP contribution < -0.4 is 5.32 Å². The summed E-state index contributed by atoms with van der Waals surface area (Å²) in [4.78, 5) is 12.0. The van der Waals surface area contributed by atoms with E-state index in [9.17, 15) is 4.79 Å². The van der Waals surface area contributed by atoms with Crippen LogP contribution in [0.5, 0.6) is 0 Å². The molecule has 1 aromatic heterocycles. The van der Waals surface area contributed by atoms with Crippen LogP contribution >= 0.6 is 11.6 Å². The SMILES string of the molecule is CCCNC(=O)c1cc2n(n1)C[C@@H](c1ccc(Cl)cc1)OC2. The predicted molar refractivity (Wildman–Crippen MR) is 83.8 cm³/mol. The monoisotopic (exact) mass is 319 g/mol. The summed E-state index contributed by atoms with van der Waals surface area (Å²) in [6.45, 7) is 3.72. The van der Waals surface area contributed by atoms with E-state index in [4.69, 9.17) is 16.3 Å². The van der Waals surface area contributed by atoms with Crippen LogP contribution in [0, 0.1) is 0 Å². The lowest BCUT2D eigenvalue weighted by Crippen LogP contribution is -2.25. The molecule has 1 aliphatic rings. The van der Waals surface area contributed by atoms with Gasteiger partial charge >= 0.3 is 0 Å². The summed E-state index contributed by atoms with van der Waals surface area (Å²) < 4.78 is 7.72. The van der Waals surface area contributed by atoms with E-state index < -0.39 is 0 Å². The second kappa shape index (κ2) is 6.50. The first kappa shape index (κ1) is 15.1. The summed E-state index contributed by atoms with van der Waals surface area (Å²) in [6.07, 6.45) is 0.831. The number of carbonyl (C=O) groups excluding carboxylic acids is 1. The van der Waals surface area contributed by atoms with Gasteiger partial charge in [0, 0.05) is 11.6 Å². The molecule has 0 spiro atoms. The summed E-state index contributed by atoms with van der Waals surface area (Å²) >= 11 is 5.91. The quantitative estimate of drug-likeness (QED) is 0.942. The third kappa shape index (κ3) is 3.15. The molecule has 1 N–H and O–H groups in total. The van der Waals surface area contributed by atoms with Gasteiger partial charge in [-0.15, -0.1) is 0 Å². The number of hydrogen-bond acceptors (Lipinski definition) is 3. The van der Waals surface area contributed by atoms with Crippen LogP contribution in [0.3, 0.4) is 0 Å². The number of aromatic nitrogens is 2. The molecule has 5 nitrogen and oxygen atoms in total. The second-order valence-corrected chi connectivity index (χ2v) is 5.75. The number of halogens is 1. The van der Waals surface area contributed by atoms with Gasteiger partial charge < -0.3 is 10.1 Å². The maximum atomic E-state index is 12.0. The van der Waals surface area contributed by atoms with Gasteiger partial charge in [0.1, 0.15) is 6.10 Å². The first-order valence-electron chi connectivity index (χ1n) is 7.39. The van der Waals surface area contributed by atoms with Gasteiger partial charge in [-0.1, -0.05) is 30.7 Å². The number of nitrogens with zero attached hydrogens (tertiary/aromatic N) is 2. The van der Waals surface area contributed by atoms with Crippen LogP contribution in [0.4, 0.5) is 0 Å². The topological polar surface area (TPSA) is 56.2 Å². The van der Waals surface area contributed by atoms with Gasteiger partial charge in [0.05, 0.1) is 18.8 Å². The van der Waals surface area contributed by atoms with Gasteiger partial charge in [-0.3, -0.25) is 9.48 Å². The van der Waals surface area contributed by atoms with Crippen molar-refractivity contribution in [1.82, 2.24) is 15.1 Å². The lowest BCUT2D eigenvalue weighted by atomic mass is 10.1. The standard InChI is InChI=1S/C16H18ClN3O2/c1-2-7-18-16(21)14-8-13-10-22-15(9-20(13)19-14)11-3-5-12(17)6-4-11/h3-6,8,15H,2,7,9-10H2,1H3,(H,18,21)/t15-/m0/s1. The Morgan fingerprint density at radius 2 is 2.23 bits per heavy atom. The minimum atomic E-state index is -0.133. The largest absolute Gasteiger partial charge is 0.365 e. The number of benzene rings is 1. The average Bonchev–Trinajstić information content (AvgIpc) is 2.96. The zero-order valence-corrected chi connectivity index (χ0v) is 13.1. The highest BCUT2D eigenvalue weighted by atomic mass is 35.5. The zero-order chi connectivity index (χ0) is 15.5. The summed E-state index contributed by atoms with van der Waals surface area (Å²) in [6, 6.07) is 9.40. The third-order valence-electron chi connectivity index (χ3n) is 3.64. The zero-order valence-electron chi connectivity index (χ0n) is 12.4. The molecule has 1 amide bonds. The first-order chi connectivity index (χ1) is 10.7. The summed E-state index contributed by atoms with van der Waals surface area (Å²) in [7, 11) is 0. The molecule has 2 heterocycles. The Kier molecular flexibility index (Phi) is 4.45. The Bertz CT molecular complexity index is 667. The lowest BCUT2D eigenvalue weighted by molar-refractivity contribution is -0.00119. The van der Waals surface area contributed by atoms with Crippen molar-refractivity contribution in [1.29, 1.82) is 0 Å². The van der Waals surface area contributed by atoms with Crippen molar-refractivity contribution in [3.05, 3.63) is 52.3 Å². The number of amides is 1. The maximum absolute atomic E-state index is 12.0. The third-order valence-corrected chi connectivity index (χ3v) is 3.90. The minimum Gasteiger partial charge on any atom is -0.365 e. The Morgan fingerprint density at radius 1 is 1.45 bits per heavy atom. The van der Waals surface area contributed by atoms with E-state index >= 15 is 0 Å².